The number of fused-ring (bicyclic) bond motifs is 1. The summed E-state index contributed by atoms with van der Waals surface area (Å²) in [5.41, 5.74) is 1.26. The van der Waals surface area contributed by atoms with E-state index in [0.29, 0.717) is 12.5 Å². The van der Waals surface area contributed by atoms with E-state index in [4.69, 9.17) is 4.74 Å². The van der Waals surface area contributed by atoms with Crippen molar-refractivity contribution < 1.29 is 9.53 Å². The molecule has 3 rings (SSSR count). The Balaban J connectivity index is 1.41. The van der Waals surface area contributed by atoms with Gasteiger partial charge in [-0.3, -0.25) is 0 Å². The Morgan fingerprint density at radius 1 is 1.27 bits per heavy atom. The molecular formula is C20H33N3O2S. The Morgan fingerprint density at radius 3 is 2.85 bits per heavy atom. The van der Waals surface area contributed by atoms with Gasteiger partial charge in [-0.15, -0.1) is 11.3 Å². The zero-order valence-electron chi connectivity index (χ0n) is 16.3. The van der Waals surface area contributed by atoms with Crippen LogP contribution in [0, 0.1) is 5.92 Å². The number of hydrogen-bond acceptors (Lipinski definition) is 4. The molecule has 0 saturated carbocycles. The Hall–Kier alpha value is -1.27. The molecule has 0 unspecified atom stereocenters. The number of nitrogens with one attached hydrogen (secondary N) is 1. The second-order valence-corrected chi connectivity index (χ2v) is 8.97. The van der Waals surface area contributed by atoms with Gasteiger partial charge in [-0.05, 0) is 56.3 Å². The Bertz CT molecular complexity index is 582. The van der Waals surface area contributed by atoms with Gasteiger partial charge in [0.15, 0.2) is 5.06 Å². The van der Waals surface area contributed by atoms with Gasteiger partial charge >= 0.3 is 6.03 Å². The Kier molecular flexibility index (Phi) is 7.20. The highest BCUT2D eigenvalue weighted by atomic mass is 32.1. The lowest BCUT2D eigenvalue weighted by atomic mass is 10.1. The third-order valence-corrected chi connectivity index (χ3v) is 6.25. The molecule has 0 radical (unpaired) electrons. The molecule has 6 heteroatoms. The molecule has 0 aliphatic carbocycles. The number of urea groups is 1. The van der Waals surface area contributed by atoms with E-state index in [1.54, 1.807) is 11.3 Å². The second kappa shape index (κ2) is 9.60. The number of carbonyl (C=O) groups excluding carboxylic acids is 1. The number of likely N-dealkylation sites (tertiary alicyclic amines) is 1. The number of carbonyl (C=O) groups is 1. The zero-order valence-corrected chi connectivity index (χ0v) is 17.1. The first-order valence-corrected chi connectivity index (χ1v) is 10.9. The first-order valence-electron chi connectivity index (χ1n) is 10.1. The smallest absolute Gasteiger partial charge is 0.317 e. The van der Waals surface area contributed by atoms with Crippen LogP contribution in [0.25, 0.3) is 0 Å². The van der Waals surface area contributed by atoms with Crippen molar-refractivity contribution in [2.75, 3.05) is 39.3 Å². The maximum Gasteiger partial charge on any atom is 0.317 e. The third-order valence-electron chi connectivity index (χ3n) is 5.10. The maximum atomic E-state index is 12.3. The molecule has 1 N–H and O–H groups in total. The summed E-state index contributed by atoms with van der Waals surface area (Å²) < 4.78 is 6.00. The van der Waals surface area contributed by atoms with Crippen LogP contribution >= 0.6 is 11.3 Å². The number of piperidine rings is 1. The summed E-state index contributed by atoms with van der Waals surface area (Å²) in [6, 6.07) is 2.20. The van der Waals surface area contributed by atoms with Crippen LogP contribution < -0.4 is 10.1 Å². The molecule has 0 bridgehead atoms. The SMILES string of the molecule is CC(C)CNC(=O)N1CCc2sc(OCCCN3CCCCC3)cc2C1. The summed E-state index contributed by atoms with van der Waals surface area (Å²) in [5.74, 6) is 0.477. The van der Waals surface area contributed by atoms with E-state index in [1.807, 2.05) is 4.90 Å². The van der Waals surface area contributed by atoms with Crippen LogP contribution in [0.1, 0.15) is 50.0 Å². The molecule has 0 spiro atoms. The van der Waals surface area contributed by atoms with Crippen LogP contribution in [0.2, 0.25) is 0 Å². The topological polar surface area (TPSA) is 44.8 Å². The summed E-state index contributed by atoms with van der Waals surface area (Å²) in [4.78, 5) is 18.1. The number of amides is 2. The predicted molar refractivity (Wildman–Crippen MR) is 107 cm³/mol. The summed E-state index contributed by atoms with van der Waals surface area (Å²) in [6.07, 6.45) is 6.11. The standard InChI is InChI=1S/C20H33N3O2S/c1-16(2)14-21-20(24)23-11-7-18-17(15-23)13-19(26-18)25-12-6-10-22-8-4-3-5-9-22/h13,16H,3-12,14-15H2,1-2H3,(H,21,24). The van der Waals surface area contributed by atoms with Crippen molar-refractivity contribution in [3.8, 4) is 5.06 Å². The molecule has 146 valence electrons. The highest BCUT2D eigenvalue weighted by Gasteiger charge is 2.23. The average molecular weight is 380 g/mol. The van der Waals surface area contributed by atoms with Crippen LogP contribution in [-0.2, 0) is 13.0 Å². The summed E-state index contributed by atoms with van der Waals surface area (Å²) >= 11 is 1.76. The molecule has 0 aromatic carbocycles. The van der Waals surface area contributed by atoms with Crippen LogP contribution in [0.4, 0.5) is 4.79 Å². The lowest BCUT2D eigenvalue weighted by Gasteiger charge is -2.27. The normalized spacial score (nSPS) is 18.0. The van der Waals surface area contributed by atoms with Crippen molar-refractivity contribution in [1.29, 1.82) is 0 Å². The van der Waals surface area contributed by atoms with E-state index in [9.17, 15) is 4.79 Å². The van der Waals surface area contributed by atoms with Crippen LogP contribution in [0.5, 0.6) is 5.06 Å². The van der Waals surface area contributed by atoms with Crippen molar-refractivity contribution in [3.05, 3.63) is 16.5 Å². The van der Waals surface area contributed by atoms with Crippen molar-refractivity contribution in [2.24, 2.45) is 5.92 Å². The predicted octanol–water partition coefficient (Wildman–Crippen LogP) is 3.73. The lowest BCUT2D eigenvalue weighted by Crippen LogP contribution is -2.43. The minimum Gasteiger partial charge on any atom is -0.484 e. The molecule has 3 heterocycles. The Labute approximate surface area is 161 Å². The van der Waals surface area contributed by atoms with E-state index in [2.05, 4.69) is 30.1 Å². The van der Waals surface area contributed by atoms with Gasteiger partial charge in [-0.25, -0.2) is 4.79 Å². The molecule has 5 nitrogen and oxygen atoms in total. The van der Waals surface area contributed by atoms with Gasteiger partial charge in [0.05, 0.1) is 6.61 Å². The van der Waals surface area contributed by atoms with Crippen LogP contribution in [0.3, 0.4) is 0 Å². The zero-order chi connectivity index (χ0) is 18.4. The van der Waals surface area contributed by atoms with Gasteiger partial charge < -0.3 is 19.9 Å². The first kappa shape index (κ1) is 19.5. The van der Waals surface area contributed by atoms with E-state index >= 15 is 0 Å². The molecular weight excluding hydrogens is 346 g/mol. The van der Waals surface area contributed by atoms with Crippen molar-refractivity contribution >= 4 is 17.4 Å². The first-order chi connectivity index (χ1) is 12.6. The van der Waals surface area contributed by atoms with Gasteiger partial charge in [0.25, 0.3) is 0 Å². The monoisotopic (exact) mass is 379 g/mol. The highest BCUT2D eigenvalue weighted by molar-refractivity contribution is 7.14. The molecule has 2 aliphatic rings. The number of rotatable bonds is 7. The largest absolute Gasteiger partial charge is 0.484 e. The van der Waals surface area contributed by atoms with Crippen LogP contribution in [-0.4, -0.2) is 55.2 Å². The van der Waals surface area contributed by atoms with Gasteiger partial charge in [0, 0.05) is 31.1 Å². The van der Waals surface area contributed by atoms with Crippen LogP contribution in [0.15, 0.2) is 6.07 Å². The average Bonchev–Trinajstić information content (AvgIpc) is 3.06. The highest BCUT2D eigenvalue weighted by Crippen LogP contribution is 2.33. The molecule has 2 amide bonds. The minimum absolute atomic E-state index is 0.0551. The summed E-state index contributed by atoms with van der Waals surface area (Å²) in [7, 11) is 0. The number of thiophene rings is 1. The van der Waals surface area contributed by atoms with Crippen molar-refractivity contribution in [1.82, 2.24) is 15.1 Å². The van der Waals surface area contributed by atoms with E-state index < -0.39 is 0 Å². The van der Waals surface area contributed by atoms with Crippen molar-refractivity contribution in [2.45, 2.75) is 52.5 Å². The summed E-state index contributed by atoms with van der Waals surface area (Å²) in [6.45, 7) is 10.9. The maximum absolute atomic E-state index is 12.3. The molecule has 1 saturated heterocycles. The number of nitrogens with zero attached hydrogens (tertiary/aromatic N) is 2. The second-order valence-electron chi connectivity index (χ2n) is 7.87. The molecule has 1 aromatic rings. The molecule has 1 aromatic heterocycles. The quantitative estimate of drug-likeness (QED) is 0.734. The molecule has 1 fully saturated rings. The fourth-order valence-electron chi connectivity index (χ4n) is 3.60. The molecule has 26 heavy (non-hydrogen) atoms. The van der Waals surface area contributed by atoms with Gasteiger partial charge in [-0.2, -0.15) is 0 Å². The Morgan fingerprint density at radius 2 is 2.08 bits per heavy atom. The van der Waals surface area contributed by atoms with Gasteiger partial charge in [-0.1, -0.05) is 20.3 Å². The third kappa shape index (κ3) is 5.61. The van der Waals surface area contributed by atoms with E-state index in [1.165, 1.54) is 42.8 Å². The lowest BCUT2D eigenvalue weighted by molar-refractivity contribution is 0.191. The summed E-state index contributed by atoms with van der Waals surface area (Å²) in [5, 5.41) is 4.03. The van der Waals surface area contributed by atoms with Crippen molar-refractivity contribution in [3.63, 3.8) is 0 Å². The van der Waals surface area contributed by atoms with Gasteiger partial charge in [0.2, 0.25) is 0 Å². The molecule has 2 aliphatic heterocycles. The van der Waals surface area contributed by atoms with E-state index in [-0.39, 0.29) is 6.03 Å². The minimum atomic E-state index is 0.0551. The number of hydrogen-bond donors (Lipinski definition) is 1. The number of ether oxygens (including phenoxy) is 1. The fraction of sp³-hybridized carbons (Fsp3) is 0.750. The van der Waals surface area contributed by atoms with Gasteiger partial charge in [0.1, 0.15) is 0 Å². The van der Waals surface area contributed by atoms with E-state index in [0.717, 1.165) is 44.1 Å². The fourth-order valence-corrected chi connectivity index (χ4v) is 4.63. The molecule has 0 atom stereocenters.